The van der Waals surface area contributed by atoms with Gasteiger partial charge < -0.3 is 9.80 Å². The Bertz CT molecular complexity index is 753. The highest BCUT2D eigenvalue weighted by Crippen LogP contribution is 2.26. The number of aromatic nitrogens is 2. The van der Waals surface area contributed by atoms with E-state index in [0.29, 0.717) is 25.2 Å². The number of likely N-dealkylation sites (N-methyl/N-ethyl adjacent to an activating group) is 1. The molecule has 0 radical (unpaired) electrons. The van der Waals surface area contributed by atoms with E-state index in [0.717, 1.165) is 23.4 Å². The summed E-state index contributed by atoms with van der Waals surface area (Å²) in [6.45, 7) is 3.22. The van der Waals surface area contributed by atoms with Gasteiger partial charge in [0.1, 0.15) is 6.04 Å². The van der Waals surface area contributed by atoms with Gasteiger partial charge in [-0.2, -0.15) is 5.10 Å². The molecule has 3 heterocycles. The smallest absolute Gasteiger partial charge is 0.275 e. The van der Waals surface area contributed by atoms with Crippen molar-refractivity contribution in [1.29, 1.82) is 0 Å². The van der Waals surface area contributed by atoms with Gasteiger partial charge in [0.15, 0.2) is 5.69 Å². The molecule has 25 heavy (non-hydrogen) atoms. The highest BCUT2D eigenvalue weighted by Gasteiger charge is 2.36. The largest absolute Gasteiger partial charge is 0.342 e. The van der Waals surface area contributed by atoms with Crippen LogP contribution in [0.2, 0.25) is 0 Å². The Labute approximate surface area is 152 Å². The van der Waals surface area contributed by atoms with E-state index < -0.39 is 0 Å². The molecule has 0 aromatic carbocycles. The second-order valence-corrected chi connectivity index (χ2v) is 7.38. The summed E-state index contributed by atoms with van der Waals surface area (Å²) in [5.41, 5.74) is 1.33. The monoisotopic (exact) mass is 360 g/mol. The average Bonchev–Trinajstić information content (AvgIpc) is 3.25. The summed E-state index contributed by atoms with van der Waals surface area (Å²) < 4.78 is 1.73. The normalized spacial score (nSPS) is 18.0. The van der Waals surface area contributed by atoms with E-state index in [4.69, 9.17) is 0 Å². The Morgan fingerprint density at radius 3 is 2.84 bits per heavy atom. The molecule has 0 saturated carbocycles. The number of hydrogen-bond donors (Lipinski definition) is 0. The van der Waals surface area contributed by atoms with Crippen LogP contribution in [0.25, 0.3) is 10.6 Å². The highest BCUT2D eigenvalue weighted by atomic mass is 32.1. The molecule has 1 saturated heterocycles. The fraction of sp³-hybridized carbons (Fsp3) is 0.500. The average molecular weight is 360 g/mol. The van der Waals surface area contributed by atoms with Gasteiger partial charge in [-0.05, 0) is 23.9 Å². The van der Waals surface area contributed by atoms with Crippen LogP contribution in [0, 0.1) is 0 Å². The van der Waals surface area contributed by atoms with Crippen LogP contribution in [0.5, 0.6) is 0 Å². The number of carbonyl (C=O) groups is 2. The zero-order valence-corrected chi connectivity index (χ0v) is 15.8. The number of unbranched alkanes of at least 4 members (excludes halogenated alkanes) is 1. The number of aryl methyl sites for hydroxylation is 1. The van der Waals surface area contributed by atoms with Crippen molar-refractivity contribution in [3.63, 3.8) is 0 Å². The quantitative estimate of drug-likeness (QED) is 0.824. The molecule has 0 unspecified atom stereocenters. The molecule has 1 aliphatic rings. The molecule has 1 atom stereocenters. The number of rotatable bonds is 5. The maximum Gasteiger partial charge on any atom is 0.275 e. The van der Waals surface area contributed by atoms with Crippen LogP contribution < -0.4 is 0 Å². The third-order valence-electron chi connectivity index (χ3n) is 4.68. The molecule has 134 valence electrons. The Morgan fingerprint density at radius 1 is 1.36 bits per heavy atom. The molecule has 0 spiro atoms. The summed E-state index contributed by atoms with van der Waals surface area (Å²) in [5.74, 6) is -0.122. The zero-order chi connectivity index (χ0) is 18.0. The molecular weight excluding hydrogens is 336 g/mol. The van der Waals surface area contributed by atoms with E-state index in [9.17, 15) is 9.59 Å². The van der Waals surface area contributed by atoms with E-state index in [1.165, 1.54) is 0 Å². The predicted molar refractivity (Wildman–Crippen MR) is 98.5 cm³/mol. The summed E-state index contributed by atoms with van der Waals surface area (Å²) in [6.07, 6.45) is 2.63. The van der Waals surface area contributed by atoms with Crippen molar-refractivity contribution in [2.75, 3.05) is 20.1 Å². The summed E-state index contributed by atoms with van der Waals surface area (Å²) in [6, 6.07) is 5.44. The molecule has 3 rings (SSSR count). The first kappa shape index (κ1) is 17.7. The Morgan fingerprint density at radius 2 is 2.16 bits per heavy atom. The van der Waals surface area contributed by atoms with Gasteiger partial charge in [0.2, 0.25) is 5.91 Å². The fourth-order valence-corrected chi connectivity index (χ4v) is 3.98. The number of piperazine rings is 1. The van der Waals surface area contributed by atoms with E-state index >= 15 is 0 Å². The molecule has 2 aromatic heterocycles. The minimum Gasteiger partial charge on any atom is -0.342 e. The maximum atomic E-state index is 13.0. The number of nitrogens with zero attached hydrogens (tertiary/aromatic N) is 4. The molecule has 1 fully saturated rings. The van der Waals surface area contributed by atoms with E-state index in [2.05, 4.69) is 12.0 Å². The van der Waals surface area contributed by atoms with Gasteiger partial charge in [-0.1, -0.05) is 25.8 Å². The zero-order valence-electron chi connectivity index (χ0n) is 14.9. The van der Waals surface area contributed by atoms with Gasteiger partial charge in [0.25, 0.3) is 5.91 Å². The van der Waals surface area contributed by atoms with Crippen LogP contribution in [0.1, 0.15) is 36.7 Å². The van der Waals surface area contributed by atoms with Crippen LogP contribution in [0.4, 0.5) is 0 Å². The van der Waals surface area contributed by atoms with Crippen molar-refractivity contribution in [1.82, 2.24) is 19.6 Å². The third-order valence-corrected chi connectivity index (χ3v) is 5.57. The number of hydrogen-bond acceptors (Lipinski definition) is 4. The molecule has 0 aliphatic carbocycles. The van der Waals surface area contributed by atoms with Crippen LogP contribution in [-0.4, -0.2) is 57.6 Å². The summed E-state index contributed by atoms with van der Waals surface area (Å²) in [5, 5.41) is 6.41. The first-order chi connectivity index (χ1) is 12.0. The van der Waals surface area contributed by atoms with Crippen molar-refractivity contribution in [3.05, 3.63) is 29.3 Å². The lowest BCUT2D eigenvalue weighted by molar-refractivity contribution is -0.138. The second kappa shape index (κ2) is 7.39. The third kappa shape index (κ3) is 3.46. The van der Waals surface area contributed by atoms with Crippen LogP contribution in [0.3, 0.4) is 0 Å². The van der Waals surface area contributed by atoms with Crippen LogP contribution >= 0.6 is 11.3 Å². The fourth-order valence-electron chi connectivity index (χ4n) is 3.21. The first-order valence-corrected chi connectivity index (χ1v) is 9.54. The first-order valence-electron chi connectivity index (χ1n) is 8.66. The van der Waals surface area contributed by atoms with Gasteiger partial charge in [-0.15, -0.1) is 11.3 Å². The SMILES string of the molecule is CCCC[C@H]1C(=O)N(C)CCN1C(=O)c1cc(-c2cccs2)n(C)n1. The predicted octanol–water partition coefficient (Wildman–Crippen LogP) is 2.62. The van der Waals surface area contributed by atoms with Crippen molar-refractivity contribution in [3.8, 4) is 10.6 Å². The topological polar surface area (TPSA) is 58.4 Å². The minimum absolute atomic E-state index is 0.0301. The molecule has 2 amide bonds. The molecule has 2 aromatic rings. The van der Waals surface area contributed by atoms with Gasteiger partial charge >= 0.3 is 0 Å². The van der Waals surface area contributed by atoms with Crippen molar-refractivity contribution < 1.29 is 9.59 Å². The molecular formula is C18H24N4O2S. The molecule has 6 nitrogen and oxygen atoms in total. The Kier molecular flexibility index (Phi) is 5.22. The van der Waals surface area contributed by atoms with E-state index in [1.807, 2.05) is 30.6 Å². The molecule has 1 aliphatic heterocycles. The standard InChI is InChI=1S/C18H24N4O2S/c1-4-5-7-14-18(24)20(2)9-10-22(14)17(23)13-12-15(21(3)19-13)16-8-6-11-25-16/h6,8,11-12,14H,4-5,7,9-10H2,1-3H3/t14-/m0/s1. The summed E-state index contributed by atoms with van der Waals surface area (Å²) in [7, 11) is 3.65. The van der Waals surface area contributed by atoms with Gasteiger partial charge in [0, 0.05) is 27.2 Å². The summed E-state index contributed by atoms with van der Waals surface area (Å²) >= 11 is 1.62. The molecule has 0 bridgehead atoms. The maximum absolute atomic E-state index is 13.0. The van der Waals surface area contributed by atoms with E-state index in [1.54, 1.807) is 32.9 Å². The Hall–Kier alpha value is -2.15. The van der Waals surface area contributed by atoms with Gasteiger partial charge in [-0.25, -0.2) is 0 Å². The number of carbonyl (C=O) groups excluding carboxylic acids is 2. The van der Waals surface area contributed by atoms with Crippen molar-refractivity contribution in [2.45, 2.75) is 32.2 Å². The Balaban J connectivity index is 1.86. The van der Waals surface area contributed by atoms with Crippen LogP contribution in [-0.2, 0) is 11.8 Å². The molecule has 0 N–H and O–H groups in total. The summed E-state index contributed by atoms with van der Waals surface area (Å²) in [4.78, 5) is 30.1. The number of amides is 2. The minimum atomic E-state index is -0.376. The lowest BCUT2D eigenvalue weighted by atomic mass is 10.0. The van der Waals surface area contributed by atoms with Gasteiger partial charge in [0.05, 0.1) is 10.6 Å². The number of thiophene rings is 1. The van der Waals surface area contributed by atoms with Crippen LogP contribution in [0.15, 0.2) is 23.6 Å². The lowest BCUT2D eigenvalue weighted by Crippen LogP contribution is -2.57. The van der Waals surface area contributed by atoms with Crippen molar-refractivity contribution >= 4 is 23.2 Å². The second-order valence-electron chi connectivity index (χ2n) is 6.43. The van der Waals surface area contributed by atoms with Gasteiger partial charge in [-0.3, -0.25) is 14.3 Å². The lowest BCUT2D eigenvalue weighted by Gasteiger charge is -2.38. The van der Waals surface area contributed by atoms with E-state index in [-0.39, 0.29) is 17.9 Å². The highest BCUT2D eigenvalue weighted by molar-refractivity contribution is 7.13. The molecule has 7 heteroatoms. The van der Waals surface area contributed by atoms with Crippen molar-refractivity contribution in [2.24, 2.45) is 7.05 Å².